The first-order valence-corrected chi connectivity index (χ1v) is 4.95. The Morgan fingerprint density at radius 1 is 1.33 bits per heavy atom. The Morgan fingerprint density at radius 2 is 2.20 bits per heavy atom. The highest BCUT2D eigenvalue weighted by Gasteiger charge is 2.03. The monoisotopic (exact) mass is 200 g/mol. The second kappa shape index (κ2) is 4.16. The van der Waals surface area contributed by atoms with Crippen molar-refractivity contribution < 1.29 is 5.11 Å². The molecular formula is C12H12N2O. The quantitative estimate of drug-likeness (QED) is 0.822. The lowest BCUT2D eigenvalue weighted by Crippen LogP contribution is -1.98. The van der Waals surface area contributed by atoms with E-state index in [9.17, 15) is 0 Å². The van der Waals surface area contributed by atoms with E-state index in [1.54, 1.807) is 0 Å². The summed E-state index contributed by atoms with van der Waals surface area (Å²) in [4.78, 5) is 0. The zero-order valence-electron chi connectivity index (χ0n) is 8.35. The third-order valence-corrected chi connectivity index (χ3v) is 2.49. The van der Waals surface area contributed by atoms with Gasteiger partial charge in [0.25, 0.3) is 0 Å². The van der Waals surface area contributed by atoms with Gasteiger partial charge in [-0.3, -0.25) is 0 Å². The third-order valence-electron chi connectivity index (χ3n) is 2.49. The van der Waals surface area contributed by atoms with E-state index >= 15 is 0 Å². The molecule has 0 atom stereocenters. The summed E-state index contributed by atoms with van der Waals surface area (Å²) in [5, 5.41) is 18.7. The van der Waals surface area contributed by atoms with Gasteiger partial charge in [-0.15, -0.1) is 0 Å². The van der Waals surface area contributed by atoms with E-state index in [-0.39, 0.29) is 6.61 Å². The number of nitrogens with zero attached hydrogens (tertiary/aromatic N) is 2. The average Bonchev–Trinajstić information content (AvgIpc) is 2.69. The van der Waals surface area contributed by atoms with Gasteiger partial charge in [0.15, 0.2) is 0 Å². The van der Waals surface area contributed by atoms with Crippen LogP contribution < -0.4 is 0 Å². The Bertz CT molecular complexity index is 508. The van der Waals surface area contributed by atoms with Crippen molar-refractivity contribution in [2.75, 3.05) is 6.61 Å². The smallest absolute Gasteiger partial charge is 0.0998 e. The summed E-state index contributed by atoms with van der Waals surface area (Å²) in [6, 6.07) is 9.82. The Morgan fingerprint density at radius 3 is 2.93 bits per heavy atom. The highest BCUT2D eigenvalue weighted by atomic mass is 16.3. The fraction of sp³-hybridized carbons (Fsp3) is 0.250. The van der Waals surface area contributed by atoms with Gasteiger partial charge in [-0.2, -0.15) is 5.26 Å². The molecule has 1 aromatic carbocycles. The summed E-state index contributed by atoms with van der Waals surface area (Å²) < 4.78 is 2.06. The second-order valence-electron chi connectivity index (χ2n) is 3.44. The van der Waals surface area contributed by atoms with Gasteiger partial charge in [0.1, 0.15) is 0 Å². The molecule has 1 heterocycles. The van der Waals surface area contributed by atoms with Crippen LogP contribution in [0.25, 0.3) is 10.9 Å². The maximum Gasteiger partial charge on any atom is 0.0998 e. The van der Waals surface area contributed by atoms with Crippen LogP contribution in [0.4, 0.5) is 0 Å². The van der Waals surface area contributed by atoms with Crippen LogP contribution in [-0.4, -0.2) is 16.3 Å². The van der Waals surface area contributed by atoms with Crippen molar-refractivity contribution in [2.24, 2.45) is 0 Å². The summed E-state index contributed by atoms with van der Waals surface area (Å²) in [5.74, 6) is 0. The molecule has 76 valence electrons. The van der Waals surface area contributed by atoms with E-state index in [0.717, 1.165) is 23.9 Å². The van der Waals surface area contributed by atoms with E-state index in [0.29, 0.717) is 5.56 Å². The number of hydrogen-bond donors (Lipinski definition) is 1. The molecule has 3 heteroatoms. The van der Waals surface area contributed by atoms with E-state index < -0.39 is 0 Å². The highest BCUT2D eigenvalue weighted by Crippen LogP contribution is 2.19. The van der Waals surface area contributed by atoms with Crippen molar-refractivity contribution in [2.45, 2.75) is 13.0 Å². The van der Waals surface area contributed by atoms with Gasteiger partial charge in [0.05, 0.1) is 11.6 Å². The lowest BCUT2D eigenvalue weighted by atomic mass is 10.1. The zero-order chi connectivity index (χ0) is 10.7. The molecule has 2 rings (SSSR count). The number of hydrogen-bond acceptors (Lipinski definition) is 2. The topological polar surface area (TPSA) is 49.0 Å². The number of rotatable bonds is 3. The molecule has 1 N–H and O–H groups in total. The molecule has 3 nitrogen and oxygen atoms in total. The fourth-order valence-electron chi connectivity index (χ4n) is 1.76. The Kier molecular flexibility index (Phi) is 2.70. The lowest BCUT2D eigenvalue weighted by Gasteiger charge is -2.03. The van der Waals surface area contributed by atoms with Crippen molar-refractivity contribution >= 4 is 10.9 Å². The van der Waals surface area contributed by atoms with Crippen LogP contribution in [0.15, 0.2) is 30.5 Å². The molecule has 0 aliphatic heterocycles. The van der Waals surface area contributed by atoms with Crippen molar-refractivity contribution in [3.8, 4) is 6.07 Å². The summed E-state index contributed by atoms with van der Waals surface area (Å²) in [6.45, 7) is 0.979. The molecular weight excluding hydrogens is 188 g/mol. The summed E-state index contributed by atoms with van der Waals surface area (Å²) in [7, 11) is 0. The Labute approximate surface area is 88.2 Å². The first-order chi connectivity index (χ1) is 7.36. The van der Waals surface area contributed by atoms with Gasteiger partial charge < -0.3 is 9.67 Å². The number of aryl methyl sites for hydroxylation is 1. The predicted octanol–water partition coefficient (Wildman–Crippen LogP) is 1.90. The van der Waals surface area contributed by atoms with Crippen LogP contribution in [0.1, 0.15) is 12.0 Å². The van der Waals surface area contributed by atoms with Crippen molar-refractivity contribution in [1.82, 2.24) is 4.57 Å². The minimum atomic E-state index is 0.192. The van der Waals surface area contributed by atoms with Crippen LogP contribution >= 0.6 is 0 Å². The molecule has 0 unspecified atom stereocenters. The second-order valence-corrected chi connectivity index (χ2v) is 3.44. The van der Waals surface area contributed by atoms with E-state index in [1.165, 1.54) is 0 Å². The highest BCUT2D eigenvalue weighted by molar-refractivity contribution is 5.85. The molecule has 1 aromatic heterocycles. The Hall–Kier alpha value is -1.79. The van der Waals surface area contributed by atoms with E-state index in [4.69, 9.17) is 10.4 Å². The minimum absolute atomic E-state index is 0.192. The SMILES string of the molecule is N#Cc1cccc2c1ccn2CCCO. The number of aliphatic hydroxyl groups excluding tert-OH is 1. The van der Waals surface area contributed by atoms with Crippen LogP contribution in [0, 0.1) is 11.3 Å². The maximum absolute atomic E-state index is 8.92. The standard InChI is InChI=1S/C12H12N2O/c13-9-10-3-1-4-12-11(10)5-7-14(12)6-2-8-15/h1,3-5,7,15H,2,6,8H2. The molecule has 15 heavy (non-hydrogen) atoms. The lowest BCUT2D eigenvalue weighted by molar-refractivity contribution is 0.280. The maximum atomic E-state index is 8.92. The van der Waals surface area contributed by atoms with Crippen LogP contribution in [0.5, 0.6) is 0 Å². The molecule has 0 bridgehead atoms. The molecule has 0 saturated carbocycles. The minimum Gasteiger partial charge on any atom is -0.396 e. The van der Waals surface area contributed by atoms with Crippen molar-refractivity contribution in [3.05, 3.63) is 36.0 Å². The number of aromatic nitrogens is 1. The number of fused-ring (bicyclic) bond motifs is 1. The van der Waals surface area contributed by atoms with Crippen molar-refractivity contribution in [3.63, 3.8) is 0 Å². The predicted molar refractivity (Wildman–Crippen MR) is 58.4 cm³/mol. The van der Waals surface area contributed by atoms with E-state index in [1.807, 2.05) is 30.5 Å². The summed E-state index contributed by atoms with van der Waals surface area (Å²) in [5.41, 5.74) is 1.76. The van der Waals surface area contributed by atoms with Crippen LogP contribution in [0.2, 0.25) is 0 Å². The van der Waals surface area contributed by atoms with Gasteiger partial charge in [0, 0.05) is 30.3 Å². The first kappa shape index (κ1) is 9.75. The molecule has 0 fully saturated rings. The number of benzene rings is 1. The van der Waals surface area contributed by atoms with Gasteiger partial charge in [-0.1, -0.05) is 6.07 Å². The van der Waals surface area contributed by atoms with E-state index in [2.05, 4.69) is 10.6 Å². The number of nitriles is 1. The first-order valence-electron chi connectivity index (χ1n) is 4.95. The largest absolute Gasteiger partial charge is 0.396 e. The molecule has 0 aliphatic carbocycles. The summed E-state index contributed by atoms with van der Waals surface area (Å²) in [6.07, 6.45) is 2.70. The van der Waals surface area contributed by atoms with Gasteiger partial charge >= 0.3 is 0 Å². The normalized spacial score (nSPS) is 10.4. The van der Waals surface area contributed by atoms with Gasteiger partial charge in [-0.25, -0.2) is 0 Å². The molecule has 2 aromatic rings. The summed E-state index contributed by atoms with van der Waals surface area (Å²) >= 11 is 0. The van der Waals surface area contributed by atoms with Crippen LogP contribution in [-0.2, 0) is 6.54 Å². The molecule has 0 spiro atoms. The fourth-order valence-corrected chi connectivity index (χ4v) is 1.76. The zero-order valence-corrected chi connectivity index (χ0v) is 8.35. The van der Waals surface area contributed by atoms with Crippen molar-refractivity contribution in [1.29, 1.82) is 5.26 Å². The van der Waals surface area contributed by atoms with Crippen LogP contribution in [0.3, 0.4) is 0 Å². The molecule has 0 aliphatic rings. The van der Waals surface area contributed by atoms with Gasteiger partial charge in [-0.05, 0) is 24.6 Å². The molecule has 0 saturated heterocycles. The molecule has 0 amide bonds. The van der Waals surface area contributed by atoms with Gasteiger partial charge in [0.2, 0.25) is 0 Å². The molecule has 0 radical (unpaired) electrons. The number of aliphatic hydroxyl groups is 1. The third kappa shape index (κ3) is 1.72. The Balaban J connectivity index is 2.47. The average molecular weight is 200 g/mol.